The SMILES string of the molecule is CC(C)(C)OC(=O)N1CCC(N=C/C(=C\N)c2ccc(N)c(OCc3c(Cl)cccc3Cl)c2)CC1. The zero-order valence-electron chi connectivity index (χ0n) is 20.3. The molecule has 3 rings (SSSR count). The molecular weight excluding hydrogens is 487 g/mol. The molecule has 0 atom stereocenters. The number of anilines is 1. The first kappa shape index (κ1) is 26.7. The van der Waals surface area contributed by atoms with Gasteiger partial charge >= 0.3 is 6.09 Å². The number of allylic oxidation sites excluding steroid dienone is 1. The quantitative estimate of drug-likeness (QED) is 0.364. The van der Waals surface area contributed by atoms with E-state index in [0.717, 1.165) is 24.0 Å². The number of nitrogens with zero attached hydrogens (tertiary/aromatic N) is 2. The Hall–Kier alpha value is -2.90. The summed E-state index contributed by atoms with van der Waals surface area (Å²) in [4.78, 5) is 18.7. The molecule has 0 unspecified atom stereocenters. The molecule has 0 aromatic heterocycles. The van der Waals surface area contributed by atoms with Gasteiger partial charge in [0.05, 0.1) is 11.7 Å². The highest BCUT2D eigenvalue weighted by Gasteiger charge is 2.26. The summed E-state index contributed by atoms with van der Waals surface area (Å²) in [6.07, 6.45) is 4.48. The van der Waals surface area contributed by atoms with Crippen LogP contribution in [0, 0.1) is 0 Å². The van der Waals surface area contributed by atoms with Gasteiger partial charge in [-0.05, 0) is 63.4 Å². The Balaban J connectivity index is 1.63. The Bertz CT molecular complexity index is 1080. The van der Waals surface area contributed by atoms with E-state index in [1.54, 1.807) is 35.4 Å². The van der Waals surface area contributed by atoms with Gasteiger partial charge in [0, 0.05) is 46.7 Å². The summed E-state index contributed by atoms with van der Waals surface area (Å²) in [5, 5.41) is 1.05. The van der Waals surface area contributed by atoms with Crippen molar-refractivity contribution in [3.63, 3.8) is 0 Å². The van der Waals surface area contributed by atoms with E-state index in [-0.39, 0.29) is 18.7 Å². The Morgan fingerprint density at radius 3 is 2.43 bits per heavy atom. The van der Waals surface area contributed by atoms with Crippen LogP contribution in [0.2, 0.25) is 10.0 Å². The van der Waals surface area contributed by atoms with Crippen LogP contribution in [0.1, 0.15) is 44.7 Å². The van der Waals surface area contributed by atoms with Crippen molar-refractivity contribution >= 4 is 46.8 Å². The van der Waals surface area contributed by atoms with Gasteiger partial charge in [0.15, 0.2) is 0 Å². The standard InChI is InChI=1S/C26H32Cl2N4O3/c1-26(2,3)35-25(33)32-11-9-19(10-12-32)31-15-18(14-29)17-7-8-23(30)24(13-17)34-16-20-21(27)5-4-6-22(20)28/h4-8,13-15,19H,9-12,16,29-30H2,1-3H3/b18-14+,31-15?. The molecule has 2 aromatic rings. The molecular formula is C26H32Cl2N4O3. The number of ether oxygens (including phenoxy) is 2. The smallest absolute Gasteiger partial charge is 0.410 e. The Kier molecular flexibility index (Phi) is 8.92. The zero-order chi connectivity index (χ0) is 25.6. The van der Waals surface area contributed by atoms with Gasteiger partial charge in [0.2, 0.25) is 0 Å². The minimum Gasteiger partial charge on any atom is -0.487 e. The predicted molar refractivity (Wildman–Crippen MR) is 143 cm³/mol. The Labute approximate surface area is 216 Å². The maximum atomic E-state index is 12.3. The van der Waals surface area contributed by atoms with Crippen molar-refractivity contribution in [2.24, 2.45) is 10.7 Å². The summed E-state index contributed by atoms with van der Waals surface area (Å²) < 4.78 is 11.4. The van der Waals surface area contributed by atoms with Crippen LogP contribution in [0.5, 0.6) is 5.75 Å². The van der Waals surface area contributed by atoms with Gasteiger partial charge in [-0.2, -0.15) is 0 Å². The summed E-state index contributed by atoms with van der Waals surface area (Å²) in [7, 11) is 0. The lowest BCUT2D eigenvalue weighted by Crippen LogP contribution is -2.42. The predicted octanol–water partition coefficient (Wildman–Crippen LogP) is 5.92. The third-order valence-electron chi connectivity index (χ3n) is 5.50. The number of rotatable bonds is 6. The summed E-state index contributed by atoms with van der Waals surface area (Å²) in [6, 6.07) is 10.8. The molecule has 0 radical (unpaired) electrons. The van der Waals surface area contributed by atoms with Crippen LogP contribution < -0.4 is 16.2 Å². The Morgan fingerprint density at radius 1 is 1.17 bits per heavy atom. The van der Waals surface area contributed by atoms with E-state index >= 15 is 0 Å². The average Bonchev–Trinajstić information content (AvgIpc) is 2.80. The molecule has 0 bridgehead atoms. The van der Waals surface area contributed by atoms with Crippen LogP contribution >= 0.6 is 23.2 Å². The third kappa shape index (κ3) is 7.54. The number of nitrogens with two attached hydrogens (primary N) is 2. The maximum Gasteiger partial charge on any atom is 0.410 e. The van der Waals surface area contributed by atoms with Crippen molar-refractivity contribution in [2.45, 2.75) is 51.9 Å². The third-order valence-corrected chi connectivity index (χ3v) is 6.21. The van der Waals surface area contributed by atoms with Gasteiger partial charge in [-0.25, -0.2) is 4.79 Å². The summed E-state index contributed by atoms with van der Waals surface area (Å²) in [6.45, 7) is 6.97. The van der Waals surface area contributed by atoms with E-state index in [0.29, 0.717) is 40.1 Å². The number of likely N-dealkylation sites (tertiary alicyclic amines) is 1. The molecule has 1 heterocycles. The molecule has 1 aliphatic heterocycles. The number of piperidine rings is 1. The number of halogens is 2. The van der Waals surface area contributed by atoms with Crippen molar-refractivity contribution in [1.29, 1.82) is 0 Å². The number of hydrogen-bond donors (Lipinski definition) is 2. The molecule has 1 fully saturated rings. The van der Waals surface area contributed by atoms with Crippen LogP contribution in [0.3, 0.4) is 0 Å². The maximum absolute atomic E-state index is 12.3. The average molecular weight is 519 g/mol. The summed E-state index contributed by atoms with van der Waals surface area (Å²) >= 11 is 12.5. The highest BCUT2D eigenvalue weighted by Crippen LogP contribution is 2.30. The lowest BCUT2D eigenvalue weighted by Gasteiger charge is -2.32. The van der Waals surface area contributed by atoms with Crippen molar-refractivity contribution in [3.8, 4) is 5.75 Å². The first-order valence-corrected chi connectivity index (χ1v) is 12.2. The zero-order valence-corrected chi connectivity index (χ0v) is 21.8. The van der Waals surface area contributed by atoms with Crippen LogP contribution in [0.4, 0.5) is 10.5 Å². The lowest BCUT2D eigenvalue weighted by molar-refractivity contribution is 0.0207. The normalized spacial score (nSPS) is 15.5. The molecule has 1 aliphatic rings. The number of carbonyl (C=O) groups excluding carboxylic acids is 1. The minimum absolute atomic E-state index is 0.0931. The molecule has 1 saturated heterocycles. The monoisotopic (exact) mass is 518 g/mol. The second-order valence-corrected chi connectivity index (χ2v) is 10.2. The van der Waals surface area contributed by atoms with Crippen LogP contribution in [0.25, 0.3) is 5.57 Å². The fraction of sp³-hybridized carbons (Fsp3) is 0.385. The molecule has 4 N–H and O–H groups in total. The molecule has 7 nitrogen and oxygen atoms in total. The van der Waals surface area contributed by atoms with E-state index in [9.17, 15) is 4.79 Å². The highest BCUT2D eigenvalue weighted by molar-refractivity contribution is 6.35. The van der Waals surface area contributed by atoms with Crippen LogP contribution in [-0.2, 0) is 11.3 Å². The molecule has 0 aliphatic carbocycles. The van der Waals surface area contributed by atoms with E-state index in [1.165, 1.54) is 6.20 Å². The van der Waals surface area contributed by atoms with Gasteiger partial charge in [0.25, 0.3) is 0 Å². The molecule has 0 saturated carbocycles. The molecule has 9 heteroatoms. The van der Waals surface area contributed by atoms with E-state index in [4.69, 9.17) is 49.1 Å². The molecule has 35 heavy (non-hydrogen) atoms. The number of aliphatic imine (C=N–C) groups is 1. The topological polar surface area (TPSA) is 103 Å². The molecule has 2 aromatic carbocycles. The molecule has 0 spiro atoms. The number of hydrogen-bond acceptors (Lipinski definition) is 6. The van der Waals surface area contributed by atoms with Gasteiger partial charge in [-0.15, -0.1) is 0 Å². The van der Waals surface area contributed by atoms with Crippen LogP contribution in [-0.4, -0.2) is 41.9 Å². The number of carbonyl (C=O) groups is 1. The summed E-state index contributed by atoms with van der Waals surface area (Å²) in [5.74, 6) is 0.497. The fourth-order valence-corrected chi connectivity index (χ4v) is 4.09. The number of nitrogen functional groups attached to an aromatic ring is 1. The minimum atomic E-state index is -0.506. The number of amides is 1. The number of benzene rings is 2. The second kappa shape index (κ2) is 11.7. The Morgan fingerprint density at radius 2 is 1.83 bits per heavy atom. The van der Waals surface area contributed by atoms with E-state index in [2.05, 4.69) is 0 Å². The lowest BCUT2D eigenvalue weighted by atomic mass is 10.0. The van der Waals surface area contributed by atoms with Crippen LogP contribution in [0.15, 0.2) is 47.6 Å². The van der Waals surface area contributed by atoms with Crippen molar-refractivity contribution in [1.82, 2.24) is 4.90 Å². The van der Waals surface area contributed by atoms with E-state index in [1.807, 2.05) is 32.9 Å². The summed E-state index contributed by atoms with van der Waals surface area (Å²) in [5.41, 5.74) is 14.2. The highest BCUT2D eigenvalue weighted by atomic mass is 35.5. The van der Waals surface area contributed by atoms with Crippen molar-refractivity contribution in [3.05, 3.63) is 63.8 Å². The van der Waals surface area contributed by atoms with E-state index < -0.39 is 5.60 Å². The first-order chi connectivity index (χ1) is 16.6. The molecule has 1 amide bonds. The fourth-order valence-electron chi connectivity index (χ4n) is 3.58. The van der Waals surface area contributed by atoms with Crippen molar-refractivity contribution < 1.29 is 14.3 Å². The molecule has 188 valence electrons. The van der Waals surface area contributed by atoms with Gasteiger partial charge in [0.1, 0.15) is 18.0 Å². The van der Waals surface area contributed by atoms with Gasteiger partial charge < -0.3 is 25.8 Å². The van der Waals surface area contributed by atoms with Gasteiger partial charge in [-0.1, -0.05) is 35.3 Å². The van der Waals surface area contributed by atoms with Gasteiger partial charge in [-0.3, -0.25) is 4.99 Å². The first-order valence-electron chi connectivity index (χ1n) is 11.5. The second-order valence-electron chi connectivity index (χ2n) is 9.34. The largest absolute Gasteiger partial charge is 0.487 e. The van der Waals surface area contributed by atoms with Crippen molar-refractivity contribution in [2.75, 3.05) is 18.8 Å².